The van der Waals surface area contributed by atoms with Gasteiger partial charge in [-0.25, -0.2) is 4.57 Å². The molecule has 0 aromatic carbocycles. The van der Waals surface area contributed by atoms with Crippen LogP contribution in [-0.2, 0) is 37.3 Å². The molecule has 11 nitrogen and oxygen atoms in total. The van der Waals surface area contributed by atoms with Gasteiger partial charge in [-0.05, 0) is 193 Å². The van der Waals surface area contributed by atoms with Gasteiger partial charge >= 0.3 is 7.82 Å². The van der Waals surface area contributed by atoms with Crippen LogP contribution in [0, 0.1) is 135 Å². The van der Waals surface area contributed by atoms with E-state index in [1.165, 1.54) is 7.40 Å². The molecule has 0 radical (unpaired) electrons. The smallest absolute Gasteiger partial charge is 0.396 e. The maximum atomic E-state index is 14.7. The first kappa shape index (κ1) is 60.8. The summed E-state index contributed by atoms with van der Waals surface area (Å²) in [5, 5.41) is 30.5. The number of aliphatic hydroxyl groups is 1. The largest absolute Gasteiger partial charge is 0.474 e. The average molecular weight is 1110 g/mol. The number of nitriles is 2. The minimum Gasteiger partial charge on any atom is -0.396 e. The molecule has 8 fully saturated rings. The molecule has 10 rings (SSSR count). The second-order valence-electron chi connectivity index (χ2n) is 31.8. The maximum absolute atomic E-state index is 14.7. The Morgan fingerprint density at radius 3 is 1.30 bits per heavy atom. The fourth-order valence-corrected chi connectivity index (χ4v) is 23.3. The SMILES string of the molecule is CC1(C)CC[C@]2(CO)CC[C@]3(C)[C@H](C(=O)C[C@@H]4[C@@]5(C)C=C(C#N)C(=O)C(C)(C)[C@@H]5CC[C@]43C)[C@@H]2C1.CCOP(=O)(OCC)OC[C@]12CCC(C)(C)C[C@H]1[C@H]1C(=O)C[C@@H]3[C@@]4(C)C=C(C#N)C(=O)C(C)(C)[C@@H]4CC[C@@]3(C)[C@]1(C)CC2.[3H]C. The number of aliphatic hydroxyl groups excluding tert-OH is 1. The molecule has 0 bridgehead atoms. The number of ketones is 4. The number of carbonyl (C=O) groups excluding carboxylic acids is 4. The Labute approximate surface area is 478 Å². The molecule has 0 saturated heterocycles. The van der Waals surface area contributed by atoms with Crippen molar-refractivity contribution in [3.05, 3.63) is 23.3 Å². The Balaban J connectivity index is 0.000000208. The second kappa shape index (κ2) is 19.9. The summed E-state index contributed by atoms with van der Waals surface area (Å²) in [6.45, 7) is 35.9. The number of allylic oxidation sites excluding steroid dienone is 4. The first-order valence-corrected chi connectivity index (χ1v) is 32.0. The van der Waals surface area contributed by atoms with E-state index in [0.29, 0.717) is 24.4 Å². The lowest BCUT2D eigenvalue weighted by atomic mass is 9.31. The van der Waals surface area contributed by atoms with Gasteiger partial charge in [-0.3, -0.25) is 32.7 Å². The van der Waals surface area contributed by atoms with Crippen molar-refractivity contribution in [1.29, 1.82) is 10.5 Å². The van der Waals surface area contributed by atoms with Crippen molar-refractivity contribution < 1.29 is 43.8 Å². The van der Waals surface area contributed by atoms with Crippen LogP contribution in [0.5, 0.6) is 0 Å². The van der Waals surface area contributed by atoms with E-state index in [-0.39, 0.29) is 145 Å². The lowest BCUT2D eigenvalue weighted by Crippen LogP contribution is -2.69. The van der Waals surface area contributed by atoms with Crippen molar-refractivity contribution >= 4 is 31.0 Å². The van der Waals surface area contributed by atoms with E-state index in [2.05, 4.69) is 81.4 Å². The monoisotopic (exact) mass is 1110 g/mol. The Bertz CT molecular complexity index is 2700. The van der Waals surface area contributed by atoms with Crippen LogP contribution in [0.15, 0.2) is 23.3 Å². The molecule has 0 amide bonds. The van der Waals surface area contributed by atoms with E-state index in [1.807, 2.05) is 39.8 Å². The second-order valence-corrected chi connectivity index (χ2v) is 33.5. The third kappa shape index (κ3) is 8.87. The number of fused-ring (bicyclic) bond motifs is 14. The van der Waals surface area contributed by atoms with Crippen molar-refractivity contribution in [1.82, 2.24) is 0 Å². The molecule has 10 aliphatic carbocycles. The number of hydrogen-bond acceptors (Lipinski definition) is 11. The number of carbonyl (C=O) groups is 4. The molecule has 16 atom stereocenters. The van der Waals surface area contributed by atoms with Crippen LogP contribution in [0.4, 0.5) is 0 Å². The molecule has 10 aliphatic rings. The van der Waals surface area contributed by atoms with Crippen LogP contribution < -0.4 is 0 Å². The van der Waals surface area contributed by atoms with Crippen LogP contribution in [0.3, 0.4) is 0 Å². The Kier molecular flexibility index (Phi) is 15.3. The molecule has 0 aromatic rings. The third-order valence-electron chi connectivity index (χ3n) is 26.7. The quantitative estimate of drug-likeness (QED) is 0.228. The van der Waals surface area contributed by atoms with Gasteiger partial charge in [0.1, 0.15) is 23.7 Å². The van der Waals surface area contributed by atoms with Crippen molar-refractivity contribution in [2.75, 3.05) is 26.4 Å². The standard InChI is InChI=1S/C35H54NO6P.C31H45NO3.CH4/c1-10-40-43(39,41-11-2)42-22-35-16-14-30(3,4)20-24(35)28-25(37)18-27-32(7)19-23(21-36)29(38)31(5,6)26(32)12-13-33(27,8)34(28,9)15-17-35;1-26(2)10-12-31(18-33)13-11-30(7)24(20(31)16-26)21(34)14-23-28(5)15-19(17-32)25(35)27(3,4)22(28)8-9-29(23,30)6;/h19,24,26-28H,10-18,20,22H2,1-9H3;15,20,22-24,33H,8-14,16,18H2,1-7H3;1H4/t24-,26-,27+,28-,32-,33+,34+,35+;20-,22-,23+,24-,28-,29+,30+,31+;/m00./s1/i;;1T. The van der Waals surface area contributed by atoms with Crippen LogP contribution in [0.25, 0.3) is 0 Å². The summed E-state index contributed by atoms with van der Waals surface area (Å²) in [5.74, 6) is 1.21. The van der Waals surface area contributed by atoms with Crippen molar-refractivity contribution in [3.8, 4) is 12.1 Å². The topological polar surface area (TPSA) is 181 Å². The van der Waals surface area contributed by atoms with Gasteiger partial charge in [0.15, 0.2) is 11.6 Å². The van der Waals surface area contributed by atoms with Gasteiger partial charge in [0, 0.05) is 43.5 Å². The minimum atomic E-state index is -3.69. The Morgan fingerprint density at radius 1 is 0.557 bits per heavy atom. The summed E-state index contributed by atoms with van der Waals surface area (Å²) in [7, 11) is -2.44. The van der Waals surface area contributed by atoms with Gasteiger partial charge in [0.2, 0.25) is 0 Å². The molecule has 12 heteroatoms. The van der Waals surface area contributed by atoms with Gasteiger partial charge in [-0.1, -0.05) is 116 Å². The number of rotatable bonds is 8. The molecule has 0 aromatic heterocycles. The number of phosphoric ester groups is 1. The lowest BCUT2D eigenvalue weighted by Gasteiger charge is -2.72. The van der Waals surface area contributed by atoms with E-state index in [0.717, 1.165) is 89.9 Å². The highest BCUT2D eigenvalue weighted by Gasteiger charge is 2.74. The zero-order valence-corrected chi connectivity index (χ0v) is 52.9. The predicted octanol–water partition coefficient (Wildman–Crippen LogP) is 15.4. The molecule has 0 heterocycles. The number of nitrogens with zero attached hydrogens (tertiary/aromatic N) is 2. The van der Waals surface area contributed by atoms with E-state index in [9.17, 15) is 39.4 Å². The Hall–Kier alpha value is -2.79. The summed E-state index contributed by atoms with van der Waals surface area (Å²) in [6.07, 6.45) is 18.6. The molecule has 440 valence electrons. The first-order valence-electron chi connectivity index (χ1n) is 31.6. The van der Waals surface area contributed by atoms with Gasteiger partial charge in [0.05, 0.1) is 31.0 Å². The van der Waals surface area contributed by atoms with Gasteiger partial charge in [0.25, 0.3) is 0 Å². The fourth-order valence-electron chi connectivity index (χ4n) is 22.0. The maximum Gasteiger partial charge on any atom is 0.474 e. The average Bonchev–Trinajstić information content (AvgIpc) is 2.71. The van der Waals surface area contributed by atoms with Crippen LogP contribution >= 0.6 is 7.82 Å². The minimum absolute atomic E-state index is 0.0120. The third-order valence-corrected chi connectivity index (χ3v) is 28.3. The summed E-state index contributed by atoms with van der Waals surface area (Å²) >= 11 is 0. The number of hydrogen-bond donors (Lipinski definition) is 1. The molecular formula is C67H103N2O9P. The zero-order valence-electron chi connectivity index (χ0n) is 53.0. The van der Waals surface area contributed by atoms with E-state index in [4.69, 9.17) is 14.9 Å². The van der Waals surface area contributed by atoms with Gasteiger partial charge in [-0.2, -0.15) is 10.5 Å². The summed E-state index contributed by atoms with van der Waals surface area (Å²) in [4.78, 5) is 55.6. The normalized spacial score (nSPS) is 45.9. The van der Waals surface area contributed by atoms with E-state index < -0.39 is 24.1 Å². The van der Waals surface area contributed by atoms with Crippen LogP contribution in [0.1, 0.15) is 222 Å². The van der Waals surface area contributed by atoms with Gasteiger partial charge < -0.3 is 5.11 Å². The van der Waals surface area contributed by atoms with Crippen molar-refractivity contribution in [3.63, 3.8) is 0 Å². The predicted molar refractivity (Wildman–Crippen MR) is 308 cm³/mol. The molecule has 0 spiro atoms. The molecule has 0 aliphatic heterocycles. The van der Waals surface area contributed by atoms with Crippen molar-refractivity contribution in [2.24, 2.45) is 112 Å². The molecule has 1 N–H and O–H groups in total. The van der Waals surface area contributed by atoms with Crippen molar-refractivity contribution in [2.45, 2.75) is 221 Å². The van der Waals surface area contributed by atoms with Crippen LogP contribution in [-0.4, -0.2) is 54.7 Å². The van der Waals surface area contributed by atoms with Crippen LogP contribution in [0.2, 0.25) is 0 Å². The number of phosphoric acid groups is 1. The summed E-state index contributed by atoms with van der Waals surface area (Å²) in [6, 6.07) is 4.43. The number of Topliss-reactive ketones (excluding diaryl/α,β-unsaturated/α-hetero) is 4. The molecule has 0 unspecified atom stereocenters. The zero-order chi connectivity index (χ0) is 59.7. The summed E-state index contributed by atoms with van der Waals surface area (Å²) < 4.78 is 36.3. The van der Waals surface area contributed by atoms with Gasteiger partial charge in [-0.15, -0.1) is 0 Å². The molecule has 8 saturated carbocycles. The highest BCUT2D eigenvalue weighted by atomic mass is 31.2. The summed E-state index contributed by atoms with van der Waals surface area (Å²) in [5.41, 5.74) is -2.10. The fraction of sp³-hybridized carbons (Fsp3) is 0.851. The van der Waals surface area contributed by atoms with E-state index in [1.54, 1.807) is 13.8 Å². The van der Waals surface area contributed by atoms with E-state index >= 15 is 0 Å². The lowest BCUT2D eigenvalue weighted by molar-refractivity contribution is -0.226. The molecule has 79 heavy (non-hydrogen) atoms. The Morgan fingerprint density at radius 2 is 0.924 bits per heavy atom. The molecular weight excluding hydrogens is 1010 g/mol. The highest BCUT2D eigenvalue weighted by Crippen LogP contribution is 2.78. The highest BCUT2D eigenvalue weighted by molar-refractivity contribution is 7.48. The first-order chi connectivity index (χ1) is 37.0.